The first kappa shape index (κ1) is 11.6. The molecule has 0 fully saturated rings. The van der Waals surface area contributed by atoms with Crippen molar-refractivity contribution in [2.75, 3.05) is 5.73 Å². The molecule has 0 radical (unpaired) electrons. The van der Waals surface area contributed by atoms with Crippen LogP contribution < -0.4 is 5.73 Å². The molecule has 1 aromatic carbocycles. The van der Waals surface area contributed by atoms with E-state index in [4.69, 9.17) is 5.73 Å². The van der Waals surface area contributed by atoms with Gasteiger partial charge in [0.1, 0.15) is 5.82 Å². The van der Waals surface area contributed by atoms with Gasteiger partial charge in [0.15, 0.2) is 0 Å². The predicted molar refractivity (Wildman–Crippen MR) is 64.2 cm³/mol. The minimum absolute atomic E-state index is 0. The standard InChI is InChI=1S/C11H13N3.ClH/c1-9-2-4-10(5-3-9)8-14-11(12)6-7-13-14;/h2-7H,8,12H2,1H3;1H. The van der Waals surface area contributed by atoms with E-state index in [1.54, 1.807) is 16.9 Å². The molecule has 0 amide bonds. The van der Waals surface area contributed by atoms with Crippen molar-refractivity contribution in [3.8, 4) is 0 Å². The summed E-state index contributed by atoms with van der Waals surface area (Å²) in [5, 5.41) is 4.13. The SMILES string of the molecule is Cc1ccc(Cn2nccc2N)cc1.Cl. The van der Waals surface area contributed by atoms with E-state index in [0.717, 1.165) is 6.54 Å². The molecule has 80 valence electrons. The van der Waals surface area contributed by atoms with Crippen LogP contribution in [-0.2, 0) is 6.54 Å². The lowest BCUT2D eigenvalue weighted by Gasteiger charge is -2.04. The van der Waals surface area contributed by atoms with E-state index >= 15 is 0 Å². The number of aryl methyl sites for hydroxylation is 1. The summed E-state index contributed by atoms with van der Waals surface area (Å²) in [6.07, 6.45) is 1.71. The van der Waals surface area contributed by atoms with Crippen LogP contribution in [0.2, 0.25) is 0 Å². The summed E-state index contributed by atoms with van der Waals surface area (Å²) in [7, 11) is 0. The lowest BCUT2D eigenvalue weighted by atomic mass is 10.1. The molecule has 1 aromatic heterocycles. The Balaban J connectivity index is 0.00000112. The van der Waals surface area contributed by atoms with Gasteiger partial charge in [0.25, 0.3) is 0 Å². The maximum absolute atomic E-state index is 5.72. The monoisotopic (exact) mass is 223 g/mol. The Morgan fingerprint density at radius 1 is 1.20 bits per heavy atom. The fourth-order valence-electron chi connectivity index (χ4n) is 1.34. The maximum atomic E-state index is 5.72. The number of hydrogen-bond acceptors (Lipinski definition) is 2. The summed E-state index contributed by atoms with van der Waals surface area (Å²) in [6.45, 7) is 2.81. The molecule has 0 unspecified atom stereocenters. The summed E-state index contributed by atoms with van der Waals surface area (Å²) in [6, 6.07) is 10.2. The summed E-state index contributed by atoms with van der Waals surface area (Å²) in [5.41, 5.74) is 8.20. The topological polar surface area (TPSA) is 43.8 Å². The van der Waals surface area contributed by atoms with Crippen LogP contribution in [0.15, 0.2) is 36.5 Å². The molecule has 2 rings (SSSR count). The molecule has 0 saturated carbocycles. The van der Waals surface area contributed by atoms with Crippen molar-refractivity contribution in [3.63, 3.8) is 0 Å². The molecule has 0 saturated heterocycles. The summed E-state index contributed by atoms with van der Waals surface area (Å²) >= 11 is 0. The van der Waals surface area contributed by atoms with E-state index in [0.29, 0.717) is 5.82 Å². The molecule has 2 aromatic rings. The summed E-state index contributed by atoms with van der Waals surface area (Å²) in [4.78, 5) is 0. The number of hydrogen-bond donors (Lipinski definition) is 1. The van der Waals surface area contributed by atoms with Crippen molar-refractivity contribution in [1.29, 1.82) is 0 Å². The van der Waals surface area contributed by atoms with Gasteiger partial charge in [0.05, 0.1) is 12.7 Å². The third kappa shape index (κ3) is 2.73. The molecule has 1 heterocycles. The normalized spacial score (nSPS) is 9.67. The molecular weight excluding hydrogens is 210 g/mol. The van der Waals surface area contributed by atoms with Gasteiger partial charge in [-0.15, -0.1) is 12.4 Å². The van der Waals surface area contributed by atoms with Crippen LogP contribution in [0.3, 0.4) is 0 Å². The lowest BCUT2D eigenvalue weighted by Crippen LogP contribution is -2.05. The fraction of sp³-hybridized carbons (Fsp3) is 0.182. The van der Waals surface area contributed by atoms with Crippen molar-refractivity contribution in [2.24, 2.45) is 0 Å². The second kappa shape index (κ2) is 4.84. The Morgan fingerprint density at radius 3 is 2.40 bits per heavy atom. The lowest BCUT2D eigenvalue weighted by molar-refractivity contribution is 0.697. The van der Waals surface area contributed by atoms with Gasteiger partial charge in [-0.3, -0.25) is 0 Å². The van der Waals surface area contributed by atoms with Gasteiger partial charge in [-0.2, -0.15) is 5.10 Å². The zero-order chi connectivity index (χ0) is 9.97. The van der Waals surface area contributed by atoms with Crippen molar-refractivity contribution >= 4 is 18.2 Å². The number of rotatable bonds is 2. The number of nitrogens with zero attached hydrogens (tertiary/aromatic N) is 2. The summed E-state index contributed by atoms with van der Waals surface area (Å²) in [5.74, 6) is 0.700. The van der Waals surface area contributed by atoms with Gasteiger partial charge in [0, 0.05) is 0 Å². The van der Waals surface area contributed by atoms with Gasteiger partial charge in [-0.05, 0) is 18.6 Å². The van der Waals surface area contributed by atoms with Gasteiger partial charge in [-0.25, -0.2) is 4.68 Å². The zero-order valence-corrected chi connectivity index (χ0v) is 9.37. The molecule has 0 atom stereocenters. The number of aromatic nitrogens is 2. The highest BCUT2D eigenvalue weighted by Gasteiger charge is 1.98. The van der Waals surface area contributed by atoms with Crippen molar-refractivity contribution in [1.82, 2.24) is 9.78 Å². The van der Waals surface area contributed by atoms with Crippen molar-refractivity contribution in [2.45, 2.75) is 13.5 Å². The Kier molecular flexibility index (Phi) is 3.74. The van der Waals surface area contributed by atoms with Crippen molar-refractivity contribution < 1.29 is 0 Å². The number of benzene rings is 1. The van der Waals surface area contributed by atoms with Gasteiger partial charge in [0.2, 0.25) is 0 Å². The first-order valence-electron chi connectivity index (χ1n) is 4.58. The second-order valence-electron chi connectivity index (χ2n) is 3.40. The highest BCUT2D eigenvalue weighted by molar-refractivity contribution is 5.85. The Labute approximate surface area is 95.3 Å². The Hall–Kier alpha value is -1.48. The first-order chi connectivity index (χ1) is 6.75. The summed E-state index contributed by atoms with van der Waals surface area (Å²) < 4.78 is 1.78. The average Bonchev–Trinajstić information content (AvgIpc) is 2.56. The van der Waals surface area contributed by atoms with Crippen molar-refractivity contribution in [3.05, 3.63) is 47.7 Å². The van der Waals surface area contributed by atoms with Gasteiger partial charge >= 0.3 is 0 Å². The molecule has 2 N–H and O–H groups in total. The fourth-order valence-corrected chi connectivity index (χ4v) is 1.34. The number of nitrogens with two attached hydrogens (primary N) is 1. The van der Waals surface area contributed by atoms with E-state index < -0.39 is 0 Å². The molecule has 0 bridgehead atoms. The molecule has 0 aliphatic heterocycles. The van der Waals surface area contributed by atoms with Gasteiger partial charge in [-0.1, -0.05) is 29.8 Å². The minimum Gasteiger partial charge on any atom is -0.384 e. The van der Waals surface area contributed by atoms with E-state index in [2.05, 4.69) is 36.3 Å². The number of halogens is 1. The molecule has 0 spiro atoms. The van der Waals surface area contributed by atoms with E-state index in [1.807, 2.05) is 0 Å². The van der Waals surface area contributed by atoms with Crippen LogP contribution in [0.5, 0.6) is 0 Å². The molecule has 3 nitrogen and oxygen atoms in total. The molecule has 4 heteroatoms. The predicted octanol–water partition coefficient (Wildman–Crippen LogP) is 2.24. The van der Waals surface area contributed by atoms with E-state index in [1.165, 1.54) is 11.1 Å². The highest BCUT2D eigenvalue weighted by Crippen LogP contribution is 2.07. The van der Waals surface area contributed by atoms with Crippen LogP contribution in [0.1, 0.15) is 11.1 Å². The molecule has 0 aliphatic carbocycles. The van der Waals surface area contributed by atoms with E-state index in [-0.39, 0.29) is 12.4 Å². The Morgan fingerprint density at radius 2 is 1.87 bits per heavy atom. The quantitative estimate of drug-likeness (QED) is 0.849. The molecule has 0 aliphatic rings. The minimum atomic E-state index is 0. The Bertz CT molecular complexity index is 420. The average molecular weight is 224 g/mol. The van der Waals surface area contributed by atoms with Crippen LogP contribution in [0.4, 0.5) is 5.82 Å². The largest absolute Gasteiger partial charge is 0.384 e. The van der Waals surface area contributed by atoms with Gasteiger partial charge < -0.3 is 5.73 Å². The van der Waals surface area contributed by atoms with Crippen LogP contribution in [0, 0.1) is 6.92 Å². The second-order valence-corrected chi connectivity index (χ2v) is 3.40. The third-order valence-electron chi connectivity index (χ3n) is 2.20. The number of anilines is 1. The van der Waals surface area contributed by atoms with Crippen LogP contribution in [-0.4, -0.2) is 9.78 Å². The molecular formula is C11H14ClN3. The zero-order valence-electron chi connectivity index (χ0n) is 8.55. The van der Waals surface area contributed by atoms with Crippen LogP contribution >= 0.6 is 12.4 Å². The molecule has 15 heavy (non-hydrogen) atoms. The smallest absolute Gasteiger partial charge is 0.122 e. The van der Waals surface area contributed by atoms with E-state index in [9.17, 15) is 0 Å². The first-order valence-corrected chi connectivity index (χ1v) is 4.58. The van der Waals surface area contributed by atoms with Crippen LogP contribution in [0.25, 0.3) is 0 Å². The maximum Gasteiger partial charge on any atom is 0.122 e. The highest BCUT2D eigenvalue weighted by atomic mass is 35.5. The third-order valence-corrected chi connectivity index (χ3v) is 2.20. The number of nitrogen functional groups attached to an aromatic ring is 1.